The van der Waals surface area contributed by atoms with Gasteiger partial charge in [0, 0.05) is 25.9 Å². The Kier molecular flexibility index (Phi) is 6.12. The van der Waals surface area contributed by atoms with Crippen LogP contribution in [0.25, 0.3) is 0 Å². The van der Waals surface area contributed by atoms with Crippen LogP contribution < -0.4 is 5.32 Å². The number of hydrogen-bond acceptors (Lipinski definition) is 4. The van der Waals surface area contributed by atoms with E-state index in [0.717, 1.165) is 6.08 Å². The molecule has 0 unspecified atom stereocenters. The lowest BCUT2D eigenvalue weighted by Gasteiger charge is -2.38. The number of halogens is 2. The highest BCUT2D eigenvalue weighted by molar-refractivity contribution is 7.91. The molecule has 1 N–H and O–H groups in total. The Morgan fingerprint density at radius 1 is 1.31 bits per heavy atom. The van der Waals surface area contributed by atoms with Crippen LogP contribution in [0.5, 0.6) is 0 Å². The molecule has 0 bridgehead atoms. The van der Waals surface area contributed by atoms with Crippen molar-refractivity contribution < 1.29 is 26.8 Å². The first-order chi connectivity index (χ1) is 12.2. The number of amides is 2. The average molecular weight is 386 g/mol. The van der Waals surface area contributed by atoms with Gasteiger partial charge in [-0.15, -0.1) is 0 Å². The number of nitrogens with zero attached hydrogens (tertiary/aromatic N) is 1. The van der Waals surface area contributed by atoms with Gasteiger partial charge in [0.15, 0.2) is 9.84 Å². The molecule has 1 heterocycles. The van der Waals surface area contributed by atoms with E-state index < -0.39 is 52.2 Å². The van der Waals surface area contributed by atoms with Crippen LogP contribution in [0.15, 0.2) is 47.9 Å². The summed E-state index contributed by atoms with van der Waals surface area (Å²) in [5, 5.41) is 2.16. The number of carbonyl (C=O) groups is 2. The molecule has 2 rings (SSSR count). The van der Waals surface area contributed by atoms with E-state index in [-0.39, 0.29) is 18.0 Å². The van der Waals surface area contributed by atoms with Gasteiger partial charge in [-0.25, -0.2) is 17.2 Å². The third kappa shape index (κ3) is 4.87. The maximum Gasteiger partial charge on any atom is 0.271 e. The molecule has 2 amide bonds. The Balaban J connectivity index is 1.97. The zero-order valence-electron chi connectivity index (χ0n) is 14.0. The summed E-state index contributed by atoms with van der Waals surface area (Å²) in [4.78, 5) is 24.8. The highest BCUT2D eigenvalue weighted by Crippen LogP contribution is 2.28. The second-order valence-corrected chi connectivity index (χ2v) is 8.11. The maximum atomic E-state index is 14.0. The Hall–Kier alpha value is -2.29. The van der Waals surface area contributed by atoms with Crippen molar-refractivity contribution in [2.24, 2.45) is 0 Å². The molecule has 1 aromatic rings. The molecule has 0 radical (unpaired) electrons. The number of carbonyl (C=O) groups excluding carboxylic acids is 2. The summed E-state index contributed by atoms with van der Waals surface area (Å²) in [5.74, 6) is -4.96. The molecular weight excluding hydrogens is 366 g/mol. The van der Waals surface area contributed by atoms with E-state index in [9.17, 15) is 26.8 Å². The van der Waals surface area contributed by atoms with Gasteiger partial charge in [-0.2, -0.15) is 0 Å². The largest absolute Gasteiger partial charge is 0.345 e. The first-order valence-electron chi connectivity index (χ1n) is 8.02. The van der Waals surface area contributed by atoms with Crippen molar-refractivity contribution in [1.29, 1.82) is 0 Å². The van der Waals surface area contributed by atoms with Crippen LogP contribution in [0, 0.1) is 0 Å². The number of piperidine rings is 1. The van der Waals surface area contributed by atoms with Gasteiger partial charge in [0.2, 0.25) is 11.8 Å². The smallest absolute Gasteiger partial charge is 0.271 e. The fraction of sp³-hybridized carbons (Fsp3) is 0.412. The van der Waals surface area contributed by atoms with Gasteiger partial charge in [0.1, 0.15) is 6.04 Å². The topological polar surface area (TPSA) is 83.6 Å². The highest BCUT2D eigenvalue weighted by Gasteiger charge is 2.45. The first-order valence-corrected chi connectivity index (χ1v) is 9.67. The lowest BCUT2D eigenvalue weighted by molar-refractivity contribution is -0.140. The van der Waals surface area contributed by atoms with Gasteiger partial charge in [0.25, 0.3) is 5.92 Å². The summed E-state index contributed by atoms with van der Waals surface area (Å²) in [6.45, 7) is 2.83. The van der Waals surface area contributed by atoms with E-state index >= 15 is 0 Å². The number of nitrogens with one attached hydrogen (secondary N) is 1. The summed E-state index contributed by atoms with van der Waals surface area (Å²) in [6, 6.07) is 6.02. The summed E-state index contributed by atoms with van der Waals surface area (Å²) < 4.78 is 52.3. The summed E-state index contributed by atoms with van der Waals surface area (Å²) in [7, 11) is -3.68. The van der Waals surface area contributed by atoms with Crippen LogP contribution in [0.3, 0.4) is 0 Å². The van der Waals surface area contributed by atoms with Crippen molar-refractivity contribution in [2.75, 3.05) is 18.8 Å². The molecular formula is C17H20F2N2O4S. The van der Waals surface area contributed by atoms with E-state index in [0.29, 0.717) is 0 Å². The molecule has 0 spiro atoms. The Labute approximate surface area is 150 Å². The van der Waals surface area contributed by atoms with Crippen molar-refractivity contribution in [1.82, 2.24) is 10.2 Å². The Morgan fingerprint density at radius 3 is 2.58 bits per heavy atom. The van der Waals surface area contributed by atoms with E-state index in [1.165, 1.54) is 17.0 Å². The van der Waals surface area contributed by atoms with Crippen LogP contribution in [0.4, 0.5) is 8.78 Å². The van der Waals surface area contributed by atoms with Crippen molar-refractivity contribution >= 4 is 21.7 Å². The van der Waals surface area contributed by atoms with Crippen molar-refractivity contribution in [3.8, 4) is 0 Å². The number of benzene rings is 1. The molecule has 9 heteroatoms. The van der Waals surface area contributed by atoms with Crippen molar-refractivity contribution in [3.63, 3.8) is 0 Å². The molecule has 1 atom stereocenters. The van der Waals surface area contributed by atoms with Crippen molar-refractivity contribution in [3.05, 3.63) is 43.0 Å². The summed E-state index contributed by atoms with van der Waals surface area (Å²) in [6.07, 6.45) is -0.00612. The zero-order chi connectivity index (χ0) is 19.4. The van der Waals surface area contributed by atoms with Crippen LogP contribution in [-0.2, 0) is 19.4 Å². The quantitative estimate of drug-likeness (QED) is 0.749. The highest BCUT2D eigenvalue weighted by atomic mass is 32.2. The third-order valence-corrected chi connectivity index (χ3v) is 5.88. The van der Waals surface area contributed by atoms with E-state index in [2.05, 4.69) is 11.9 Å². The lowest BCUT2D eigenvalue weighted by atomic mass is 10.0. The van der Waals surface area contributed by atoms with Crippen LogP contribution in [0.1, 0.15) is 12.8 Å². The fourth-order valence-electron chi connectivity index (χ4n) is 2.62. The van der Waals surface area contributed by atoms with E-state index in [1.807, 2.05) is 0 Å². The maximum absolute atomic E-state index is 14.0. The minimum absolute atomic E-state index is 0.0681. The molecule has 1 fully saturated rings. The first kappa shape index (κ1) is 20.0. The fourth-order valence-corrected chi connectivity index (χ4v) is 3.88. The zero-order valence-corrected chi connectivity index (χ0v) is 14.8. The normalized spacial score (nSPS) is 19.6. The molecule has 1 aromatic carbocycles. The Morgan fingerprint density at radius 2 is 1.96 bits per heavy atom. The SMILES string of the molecule is C=CC(=O)N1CCC(F)(F)[C@H](NC(=O)CCS(=O)(=O)c2ccccc2)C1. The van der Waals surface area contributed by atoms with Gasteiger partial charge in [-0.05, 0) is 18.2 Å². The predicted molar refractivity (Wildman–Crippen MR) is 91.4 cm³/mol. The minimum atomic E-state index is -3.68. The van der Waals surface area contributed by atoms with Crippen LogP contribution >= 0.6 is 0 Å². The second kappa shape index (κ2) is 7.94. The van der Waals surface area contributed by atoms with Gasteiger partial charge < -0.3 is 10.2 Å². The molecule has 6 nitrogen and oxygen atoms in total. The van der Waals surface area contributed by atoms with Gasteiger partial charge >= 0.3 is 0 Å². The van der Waals surface area contributed by atoms with Crippen LogP contribution in [-0.4, -0.2) is 55.9 Å². The molecule has 26 heavy (non-hydrogen) atoms. The monoisotopic (exact) mass is 386 g/mol. The number of hydrogen-bond donors (Lipinski definition) is 1. The molecule has 1 saturated heterocycles. The van der Waals surface area contributed by atoms with Crippen molar-refractivity contribution in [2.45, 2.75) is 29.7 Å². The van der Waals surface area contributed by atoms with E-state index in [4.69, 9.17) is 0 Å². The number of rotatable bonds is 6. The standard InChI is InChI=1S/C17H20F2N2O4S/c1-2-16(23)21-10-9-17(18,19)14(12-21)20-15(22)8-11-26(24,25)13-6-4-3-5-7-13/h2-7,14H,1,8-12H2,(H,20,22)/t14-/m1/s1. The van der Waals surface area contributed by atoms with Gasteiger partial charge in [-0.1, -0.05) is 24.8 Å². The predicted octanol–water partition coefficient (Wildman–Crippen LogP) is 1.39. The molecule has 1 aliphatic heterocycles. The van der Waals surface area contributed by atoms with E-state index in [1.54, 1.807) is 18.2 Å². The molecule has 0 aliphatic carbocycles. The number of likely N-dealkylation sites (tertiary alicyclic amines) is 1. The number of sulfone groups is 1. The summed E-state index contributed by atoms with van der Waals surface area (Å²) >= 11 is 0. The Bertz CT molecular complexity index is 781. The molecule has 0 saturated carbocycles. The average Bonchev–Trinajstić information content (AvgIpc) is 2.62. The minimum Gasteiger partial charge on any atom is -0.345 e. The molecule has 1 aliphatic rings. The van der Waals surface area contributed by atoms with Gasteiger partial charge in [0.05, 0.1) is 10.6 Å². The number of alkyl halides is 2. The molecule has 142 valence electrons. The second-order valence-electron chi connectivity index (χ2n) is 6.00. The van der Waals surface area contributed by atoms with Crippen LogP contribution in [0.2, 0.25) is 0 Å². The summed E-state index contributed by atoms with van der Waals surface area (Å²) in [5.41, 5.74) is 0. The third-order valence-electron chi connectivity index (χ3n) is 4.15. The lowest BCUT2D eigenvalue weighted by Crippen LogP contribution is -2.59. The van der Waals surface area contributed by atoms with Gasteiger partial charge in [-0.3, -0.25) is 9.59 Å². The molecule has 0 aromatic heterocycles.